The van der Waals surface area contributed by atoms with Crippen molar-refractivity contribution in [3.8, 4) is 11.5 Å². The van der Waals surface area contributed by atoms with Crippen LogP contribution < -0.4 is 25.0 Å². The van der Waals surface area contributed by atoms with Crippen LogP contribution >= 0.6 is 11.6 Å². The minimum absolute atomic E-state index is 0.178. The molecule has 44 heavy (non-hydrogen) atoms. The molecule has 2 N–H and O–H groups in total. The second-order valence-corrected chi connectivity index (χ2v) is 12.2. The van der Waals surface area contributed by atoms with Crippen molar-refractivity contribution in [3.05, 3.63) is 75.4 Å². The van der Waals surface area contributed by atoms with E-state index in [0.717, 1.165) is 53.2 Å². The average Bonchev–Trinajstić information content (AvgIpc) is 3.01. The van der Waals surface area contributed by atoms with Crippen LogP contribution in [0.3, 0.4) is 0 Å². The summed E-state index contributed by atoms with van der Waals surface area (Å²) in [4.78, 5) is 23.2. The number of carbonyl (C=O) groups is 1. The number of rotatable bonds is 13. The smallest absolute Gasteiger partial charge is 0.251 e. The molecule has 1 aliphatic carbocycles. The quantitative estimate of drug-likeness (QED) is 0.213. The van der Waals surface area contributed by atoms with Crippen LogP contribution in [0.25, 0.3) is 0 Å². The van der Waals surface area contributed by atoms with Gasteiger partial charge in [-0.05, 0) is 103 Å². The number of methoxy groups -OCH3 is 1. The molecule has 0 atom stereocenters. The Morgan fingerprint density at radius 3 is 2.32 bits per heavy atom. The number of amides is 1. The molecule has 1 aromatic heterocycles. The molecule has 3 aromatic rings. The summed E-state index contributed by atoms with van der Waals surface area (Å²) in [7, 11) is 5.98. The molecule has 0 spiro atoms. The molecule has 1 aliphatic rings. The third-order valence-corrected chi connectivity index (χ3v) is 8.83. The highest BCUT2D eigenvalue weighted by molar-refractivity contribution is 6.31. The molecule has 9 heteroatoms. The van der Waals surface area contributed by atoms with Gasteiger partial charge in [0.05, 0.1) is 19.2 Å². The molecule has 0 saturated heterocycles. The van der Waals surface area contributed by atoms with Gasteiger partial charge in [-0.3, -0.25) is 4.79 Å². The zero-order valence-electron chi connectivity index (χ0n) is 27.3. The van der Waals surface area contributed by atoms with Crippen molar-refractivity contribution in [2.75, 3.05) is 44.5 Å². The van der Waals surface area contributed by atoms with E-state index >= 15 is 0 Å². The average molecular weight is 622 g/mol. The number of aryl methyl sites for hydroxylation is 1. The van der Waals surface area contributed by atoms with E-state index in [1.807, 2.05) is 57.2 Å². The monoisotopic (exact) mass is 621 g/mol. The van der Waals surface area contributed by atoms with E-state index in [-0.39, 0.29) is 12.5 Å². The largest absolute Gasteiger partial charge is 0.497 e. The molecule has 1 amide bonds. The van der Waals surface area contributed by atoms with Crippen LogP contribution in [0.2, 0.25) is 5.02 Å². The predicted octanol–water partition coefficient (Wildman–Crippen LogP) is 7.00. The zero-order chi connectivity index (χ0) is 31.8. The summed E-state index contributed by atoms with van der Waals surface area (Å²) < 4.78 is 11.6. The van der Waals surface area contributed by atoms with Gasteiger partial charge in [0.2, 0.25) is 0 Å². The van der Waals surface area contributed by atoms with Gasteiger partial charge in [-0.15, -0.1) is 0 Å². The number of carbonyl (C=O) groups excluding carboxylic acids is 1. The minimum atomic E-state index is -0.178. The Morgan fingerprint density at radius 1 is 1.02 bits per heavy atom. The molecule has 238 valence electrons. The Kier molecular flexibility index (Phi) is 11.8. The van der Waals surface area contributed by atoms with Crippen LogP contribution in [0.1, 0.15) is 72.3 Å². The summed E-state index contributed by atoms with van der Waals surface area (Å²) >= 11 is 6.65. The molecule has 0 bridgehead atoms. The number of nitrogens with one attached hydrogen (secondary N) is 2. The summed E-state index contributed by atoms with van der Waals surface area (Å²) in [5.74, 6) is 2.00. The van der Waals surface area contributed by atoms with E-state index in [1.165, 1.54) is 12.8 Å². The molecule has 1 saturated carbocycles. The van der Waals surface area contributed by atoms with Crippen molar-refractivity contribution < 1.29 is 14.3 Å². The van der Waals surface area contributed by atoms with Crippen LogP contribution in [0.5, 0.6) is 11.5 Å². The first-order chi connectivity index (χ1) is 21.1. The van der Waals surface area contributed by atoms with Gasteiger partial charge in [0.1, 0.15) is 23.9 Å². The van der Waals surface area contributed by atoms with Gasteiger partial charge in [0.15, 0.2) is 0 Å². The van der Waals surface area contributed by atoms with Crippen LogP contribution in [-0.4, -0.2) is 62.2 Å². The van der Waals surface area contributed by atoms with E-state index < -0.39 is 0 Å². The normalized spacial score (nSPS) is 16.5. The molecular weight excluding hydrogens is 574 g/mol. The van der Waals surface area contributed by atoms with Crippen molar-refractivity contribution in [3.63, 3.8) is 0 Å². The first-order valence-electron chi connectivity index (χ1n) is 15.7. The van der Waals surface area contributed by atoms with E-state index in [1.54, 1.807) is 13.2 Å². The number of nitrogens with zero attached hydrogens (tertiary/aromatic N) is 3. The lowest BCUT2D eigenvalue weighted by molar-refractivity contribution is 0.0950. The first kappa shape index (κ1) is 33.4. The highest BCUT2D eigenvalue weighted by Crippen LogP contribution is 2.34. The van der Waals surface area contributed by atoms with Gasteiger partial charge < -0.3 is 29.9 Å². The lowest BCUT2D eigenvalue weighted by atomic mass is 9.89. The fourth-order valence-corrected chi connectivity index (χ4v) is 6.35. The highest BCUT2D eigenvalue weighted by Gasteiger charge is 2.28. The highest BCUT2D eigenvalue weighted by atomic mass is 35.5. The number of hydrogen-bond acceptors (Lipinski definition) is 7. The zero-order valence-corrected chi connectivity index (χ0v) is 28.1. The number of halogens is 1. The van der Waals surface area contributed by atoms with Crippen molar-refractivity contribution in [2.24, 2.45) is 0 Å². The summed E-state index contributed by atoms with van der Waals surface area (Å²) in [6.45, 7) is 10.3. The topological polar surface area (TPSA) is 79.0 Å². The molecule has 2 aromatic carbocycles. The third kappa shape index (κ3) is 8.16. The van der Waals surface area contributed by atoms with Gasteiger partial charge in [0, 0.05) is 53.2 Å². The number of benzene rings is 2. The van der Waals surface area contributed by atoms with E-state index in [2.05, 4.69) is 41.5 Å². The number of aromatic nitrogens is 1. The van der Waals surface area contributed by atoms with Crippen molar-refractivity contribution >= 4 is 29.0 Å². The summed E-state index contributed by atoms with van der Waals surface area (Å²) in [5, 5.41) is 7.04. The number of hydrogen-bond donors (Lipinski definition) is 2. The summed E-state index contributed by atoms with van der Waals surface area (Å²) in [6.07, 6.45) is 4.58. The Bertz CT molecular complexity index is 1400. The maximum Gasteiger partial charge on any atom is 0.251 e. The maximum absolute atomic E-state index is 13.7. The molecule has 0 radical (unpaired) electrons. The molecule has 1 fully saturated rings. The SMILES string of the molecule is CCNc1nc(C)cc(OCc2ccc(OC)cc2)c1CNC(=O)c1cc(Cl)cc(N(CC)[C@H]2CC[C@H](N(C)C)CC2)c1C. The van der Waals surface area contributed by atoms with Crippen LogP contribution in [0, 0.1) is 13.8 Å². The van der Waals surface area contributed by atoms with Gasteiger partial charge >= 0.3 is 0 Å². The van der Waals surface area contributed by atoms with Gasteiger partial charge in [-0.25, -0.2) is 4.98 Å². The number of pyridine rings is 1. The number of anilines is 2. The van der Waals surface area contributed by atoms with Crippen molar-refractivity contribution in [2.45, 2.75) is 78.6 Å². The fourth-order valence-electron chi connectivity index (χ4n) is 6.14. The molecule has 0 aliphatic heterocycles. The second kappa shape index (κ2) is 15.5. The molecule has 4 rings (SSSR count). The Balaban J connectivity index is 1.54. The molecule has 0 unspecified atom stereocenters. The van der Waals surface area contributed by atoms with Gasteiger partial charge in [-0.2, -0.15) is 0 Å². The summed E-state index contributed by atoms with van der Waals surface area (Å²) in [5.41, 5.74) is 5.19. The van der Waals surface area contributed by atoms with Crippen LogP contribution in [-0.2, 0) is 13.2 Å². The lowest BCUT2D eigenvalue weighted by Crippen LogP contribution is -2.42. The minimum Gasteiger partial charge on any atom is -0.497 e. The van der Waals surface area contributed by atoms with Gasteiger partial charge in [-0.1, -0.05) is 23.7 Å². The Labute approximate surface area is 268 Å². The predicted molar refractivity (Wildman–Crippen MR) is 181 cm³/mol. The first-order valence-corrected chi connectivity index (χ1v) is 16.0. The lowest BCUT2D eigenvalue weighted by Gasteiger charge is -2.40. The second-order valence-electron chi connectivity index (χ2n) is 11.7. The van der Waals surface area contributed by atoms with Crippen LogP contribution in [0.15, 0.2) is 42.5 Å². The Morgan fingerprint density at radius 2 is 1.70 bits per heavy atom. The Hall–Kier alpha value is -3.49. The van der Waals surface area contributed by atoms with Crippen LogP contribution in [0.4, 0.5) is 11.5 Å². The van der Waals surface area contributed by atoms with E-state index in [0.29, 0.717) is 47.4 Å². The summed E-state index contributed by atoms with van der Waals surface area (Å²) in [6, 6.07) is 14.5. The maximum atomic E-state index is 13.7. The number of ether oxygens (including phenoxy) is 2. The molecular formula is C35H48ClN5O3. The van der Waals surface area contributed by atoms with Crippen molar-refractivity contribution in [1.82, 2.24) is 15.2 Å². The fraction of sp³-hybridized carbons (Fsp3) is 0.486. The molecule has 1 heterocycles. The molecule has 8 nitrogen and oxygen atoms in total. The van der Waals surface area contributed by atoms with E-state index in [4.69, 9.17) is 26.1 Å². The van der Waals surface area contributed by atoms with Gasteiger partial charge in [0.25, 0.3) is 5.91 Å². The van der Waals surface area contributed by atoms with E-state index in [9.17, 15) is 4.79 Å². The third-order valence-electron chi connectivity index (χ3n) is 8.61. The van der Waals surface area contributed by atoms with Crippen molar-refractivity contribution in [1.29, 1.82) is 0 Å². The standard InChI is InChI=1S/C35H48ClN5O3/c1-8-37-34-31(33(18-23(3)39-34)44-22-25-10-16-29(43-7)17-11-25)21-38-35(42)30-19-26(36)20-32(24(30)4)41(9-2)28-14-12-27(13-15-28)40(5)6/h10-11,16-20,27-28H,8-9,12-15,21-22H2,1-7H3,(H,37,39)(H,38,42)/t27-,28-.